The van der Waals surface area contributed by atoms with Crippen LogP contribution in [0.15, 0.2) is 17.7 Å². The zero-order valence-electron chi connectivity index (χ0n) is 18.7. The minimum atomic E-state index is -2.97. The van der Waals surface area contributed by atoms with Gasteiger partial charge in [0.25, 0.3) is 0 Å². The molecule has 0 fully saturated rings. The molecule has 1 aromatic carbocycles. The molecule has 0 saturated heterocycles. The molecule has 1 aromatic rings. The summed E-state index contributed by atoms with van der Waals surface area (Å²) in [5.74, 6) is 0. The summed E-state index contributed by atoms with van der Waals surface area (Å²) in [5, 5.41) is 5.37. The summed E-state index contributed by atoms with van der Waals surface area (Å²) in [5.41, 5.74) is 8.58. The van der Waals surface area contributed by atoms with Crippen LogP contribution in [0.25, 0.3) is 6.08 Å². The van der Waals surface area contributed by atoms with E-state index in [1.807, 2.05) is 0 Å². The van der Waals surface area contributed by atoms with Crippen LogP contribution in [-0.4, -0.2) is 11.7 Å². The molecule has 3 heteroatoms. The fourth-order valence-electron chi connectivity index (χ4n) is 5.89. The van der Waals surface area contributed by atoms with Crippen molar-refractivity contribution in [3.8, 4) is 0 Å². The molecule has 144 valence electrons. The molecule has 0 heterocycles. The molecule has 0 saturated carbocycles. The first-order chi connectivity index (χ1) is 11.6. The predicted octanol–water partition coefficient (Wildman–Crippen LogP) is 6.61. The van der Waals surface area contributed by atoms with Crippen molar-refractivity contribution in [2.24, 2.45) is 5.41 Å². The summed E-state index contributed by atoms with van der Waals surface area (Å²) in [6.45, 7) is 19.4. The minimum absolute atomic E-state index is 0.171. The third-order valence-electron chi connectivity index (χ3n) is 7.06. The van der Waals surface area contributed by atoms with E-state index >= 15 is 0 Å². The number of hydrogen-bond acceptors (Lipinski definition) is 1. The average molecular weight is 406 g/mol. The fraction of sp³-hybridized carbons (Fsp3) is 0.652. The van der Waals surface area contributed by atoms with Crippen LogP contribution in [0, 0.1) is 5.41 Å². The average Bonchev–Trinajstić information content (AvgIpc) is 2.86. The van der Waals surface area contributed by atoms with E-state index in [9.17, 15) is 0 Å². The van der Waals surface area contributed by atoms with Crippen LogP contribution < -0.4 is 3.80 Å². The van der Waals surface area contributed by atoms with Crippen molar-refractivity contribution in [1.29, 1.82) is 0 Å². The zero-order chi connectivity index (χ0) is 19.7. The molecule has 0 aromatic heterocycles. The Kier molecular flexibility index (Phi) is 4.69. The molecule has 0 amide bonds. The summed E-state index contributed by atoms with van der Waals surface area (Å²) in [6.07, 6.45) is 4.52. The van der Waals surface area contributed by atoms with Crippen molar-refractivity contribution in [1.82, 2.24) is 3.80 Å². The van der Waals surface area contributed by atoms with Crippen LogP contribution in [0.3, 0.4) is 0 Å². The fourth-order valence-corrected chi connectivity index (χ4v) is 21.7. The van der Waals surface area contributed by atoms with Crippen LogP contribution >= 0.6 is 0 Å². The first kappa shape index (κ1) is 20.6. The summed E-state index contributed by atoms with van der Waals surface area (Å²) >= 11 is -2.97. The Hall–Kier alpha value is -0.149. The Labute approximate surface area is 163 Å². The normalized spacial score (nSPS) is 22.1. The maximum atomic E-state index is 4.30. The third kappa shape index (κ3) is 3.36. The van der Waals surface area contributed by atoms with Crippen LogP contribution in [0.4, 0.5) is 0 Å². The van der Waals surface area contributed by atoms with E-state index in [2.05, 4.69) is 87.1 Å². The van der Waals surface area contributed by atoms with Crippen molar-refractivity contribution >= 4 is 12.3 Å². The first-order valence-corrected chi connectivity index (χ1v) is 19.9. The Morgan fingerprint density at radius 3 is 2.12 bits per heavy atom. The second-order valence-corrected chi connectivity index (χ2v) is 34.1. The Balaban J connectivity index is 2.21. The van der Waals surface area contributed by atoms with Gasteiger partial charge in [0, 0.05) is 0 Å². The topological polar surface area (TPSA) is 12.0 Å². The number of fused-ring (bicyclic) bond motifs is 2. The molecule has 1 unspecified atom stereocenters. The number of nitrogens with one attached hydrogen (secondary N) is 1. The molecular weight excluding hydrogens is 366 g/mol. The standard InChI is InChI=1S/C15H17.C4H10N.C2H6Si.2CH3.Ti/c1-10-4-11-6-13-8-15(2,3)9-14(13)7-12(11)5-10;1-4(2,3)5;1-3-2;;;/h4-7H,8-9H2,1-3H3;5H,1-3H3;1-2H3;2*1H3;/q;-1;;;;+1. The molecule has 1 atom stereocenters. The second kappa shape index (κ2) is 5.92. The van der Waals surface area contributed by atoms with E-state index in [-0.39, 0.29) is 5.54 Å². The predicted molar refractivity (Wildman–Crippen MR) is 116 cm³/mol. The van der Waals surface area contributed by atoms with Gasteiger partial charge in [-0.2, -0.15) is 0 Å². The van der Waals surface area contributed by atoms with Gasteiger partial charge in [-0.05, 0) is 0 Å². The molecular formula is C23H39NSiTi. The van der Waals surface area contributed by atoms with Crippen molar-refractivity contribution < 1.29 is 14.3 Å². The van der Waals surface area contributed by atoms with E-state index in [1.165, 1.54) is 18.4 Å². The number of allylic oxidation sites excluding steroid dienone is 1. The molecule has 2 aliphatic carbocycles. The van der Waals surface area contributed by atoms with Gasteiger partial charge >= 0.3 is 163 Å². The van der Waals surface area contributed by atoms with Gasteiger partial charge in [-0.25, -0.2) is 0 Å². The number of benzene rings is 1. The molecule has 0 radical (unpaired) electrons. The molecule has 3 rings (SSSR count). The monoisotopic (exact) mass is 405 g/mol. The Bertz CT molecular complexity index is 870. The van der Waals surface area contributed by atoms with E-state index in [4.69, 9.17) is 0 Å². The molecule has 0 spiro atoms. The van der Waals surface area contributed by atoms with Gasteiger partial charge in [0.1, 0.15) is 0 Å². The van der Waals surface area contributed by atoms with Crippen LogP contribution in [-0.2, 0) is 27.1 Å². The van der Waals surface area contributed by atoms with Crippen molar-refractivity contribution in [2.45, 2.75) is 87.7 Å². The van der Waals surface area contributed by atoms with E-state index in [0.29, 0.717) is 9.64 Å². The van der Waals surface area contributed by atoms with Crippen molar-refractivity contribution in [3.05, 3.63) is 40.0 Å². The quantitative estimate of drug-likeness (QED) is 0.546. The first-order valence-electron chi connectivity index (χ1n) is 10.3. The van der Waals surface area contributed by atoms with Gasteiger partial charge < -0.3 is 0 Å². The summed E-state index contributed by atoms with van der Waals surface area (Å²) in [4.78, 5) is 0. The zero-order valence-corrected chi connectivity index (χ0v) is 21.3. The van der Waals surface area contributed by atoms with Crippen molar-refractivity contribution in [3.63, 3.8) is 0 Å². The number of rotatable bonds is 2. The van der Waals surface area contributed by atoms with Gasteiger partial charge in [-0.15, -0.1) is 0 Å². The van der Waals surface area contributed by atoms with Crippen LogP contribution in [0.2, 0.25) is 23.6 Å². The van der Waals surface area contributed by atoms with Gasteiger partial charge in [0.15, 0.2) is 0 Å². The summed E-state index contributed by atoms with van der Waals surface area (Å²) in [7, 11) is 0. The van der Waals surface area contributed by atoms with Gasteiger partial charge in [0.2, 0.25) is 0 Å². The molecule has 26 heavy (non-hydrogen) atoms. The van der Waals surface area contributed by atoms with Crippen LogP contribution in [0.5, 0.6) is 0 Å². The summed E-state index contributed by atoms with van der Waals surface area (Å²) in [6, 6.07) is 5.15. The van der Waals surface area contributed by atoms with Gasteiger partial charge in [0.05, 0.1) is 0 Å². The van der Waals surface area contributed by atoms with Crippen LogP contribution in [0.1, 0.15) is 68.0 Å². The number of hydrogen-bond donors (Lipinski definition) is 1. The van der Waals surface area contributed by atoms with E-state index in [1.54, 1.807) is 22.3 Å². The van der Waals surface area contributed by atoms with Gasteiger partial charge in [-0.1, -0.05) is 0 Å². The molecule has 1 nitrogen and oxygen atoms in total. The Morgan fingerprint density at radius 2 is 1.62 bits per heavy atom. The van der Waals surface area contributed by atoms with Gasteiger partial charge in [-0.3, -0.25) is 0 Å². The maximum absolute atomic E-state index is 4.30. The van der Waals surface area contributed by atoms with E-state index < -0.39 is 20.5 Å². The molecule has 0 bridgehead atoms. The van der Waals surface area contributed by atoms with E-state index in [0.717, 1.165) is 0 Å². The second-order valence-electron chi connectivity index (χ2n) is 12.0. The molecule has 2 aliphatic rings. The van der Waals surface area contributed by atoms with Crippen molar-refractivity contribution in [2.75, 3.05) is 0 Å². The third-order valence-corrected chi connectivity index (χ3v) is 32.5. The molecule has 1 N–H and O–H groups in total. The SMILES string of the molecule is CC1=Cc2cc3c(cc2[CH]1[Ti]([CH3])([CH3])([NH]C(C)(C)C)=[Si](C)C)CC(C)(C)C3. The molecule has 0 aliphatic heterocycles. The summed E-state index contributed by atoms with van der Waals surface area (Å²) < 4.78 is 4.94. The Morgan fingerprint density at radius 1 is 1.08 bits per heavy atom.